The van der Waals surface area contributed by atoms with Crippen LogP contribution >= 0.6 is 0 Å². The van der Waals surface area contributed by atoms with Gasteiger partial charge in [-0.2, -0.15) is 18.2 Å². The Morgan fingerprint density at radius 3 is 2.76 bits per heavy atom. The molecule has 0 saturated carbocycles. The Morgan fingerprint density at radius 2 is 2.07 bits per heavy atom. The number of imidazole rings is 1. The summed E-state index contributed by atoms with van der Waals surface area (Å²) in [6.07, 6.45) is 0.111. The lowest BCUT2D eigenvalue weighted by atomic mass is 10.2. The first-order valence-electron chi connectivity index (χ1n) is 8.67. The Labute approximate surface area is 163 Å². The maximum absolute atomic E-state index is 14.5. The molecule has 0 aliphatic carbocycles. The van der Waals surface area contributed by atoms with Gasteiger partial charge < -0.3 is 19.5 Å². The first-order chi connectivity index (χ1) is 13.8. The van der Waals surface area contributed by atoms with Gasteiger partial charge in [0.2, 0.25) is 5.95 Å². The summed E-state index contributed by atoms with van der Waals surface area (Å²) in [6, 6.07) is 4.41. The standard InChI is InChI=1S/C18H16F4N6O/c1-11-8-28(10-24-11)14-3-2-12(6-13(14)19)25-17-23-7-15-16(26-17)27(4-5-29-15)9-18(20,21)22/h2-3,6-8,10H,4-5,9H2,1H3,(H,23,25,26). The van der Waals surface area contributed by atoms with Crippen molar-refractivity contribution in [2.24, 2.45) is 0 Å². The smallest absolute Gasteiger partial charge is 0.405 e. The monoisotopic (exact) mass is 408 g/mol. The zero-order valence-electron chi connectivity index (χ0n) is 15.2. The van der Waals surface area contributed by atoms with Crippen LogP contribution in [-0.2, 0) is 0 Å². The van der Waals surface area contributed by atoms with Crippen LogP contribution in [0.2, 0.25) is 0 Å². The molecule has 2 aromatic heterocycles. The number of anilines is 3. The van der Waals surface area contributed by atoms with Gasteiger partial charge in [-0.3, -0.25) is 0 Å². The van der Waals surface area contributed by atoms with Crippen LogP contribution in [0.15, 0.2) is 36.9 Å². The van der Waals surface area contributed by atoms with Crippen molar-refractivity contribution < 1.29 is 22.3 Å². The predicted molar refractivity (Wildman–Crippen MR) is 97.3 cm³/mol. The van der Waals surface area contributed by atoms with Gasteiger partial charge in [-0.05, 0) is 25.1 Å². The Kier molecular flexibility index (Phi) is 4.73. The predicted octanol–water partition coefficient (Wildman–Crippen LogP) is 3.61. The summed E-state index contributed by atoms with van der Waals surface area (Å²) in [5, 5.41) is 2.81. The van der Waals surface area contributed by atoms with Gasteiger partial charge in [-0.1, -0.05) is 0 Å². The van der Waals surface area contributed by atoms with E-state index in [0.29, 0.717) is 11.4 Å². The topological polar surface area (TPSA) is 68.1 Å². The Hall–Kier alpha value is -3.37. The fraction of sp³-hybridized carbons (Fsp3) is 0.278. The number of nitrogens with one attached hydrogen (secondary N) is 1. The van der Waals surface area contributed by atoms with E-state index in [4.69, 9.17) is 4.74 Å². The van der Waals surface area contributed by atoms with Gasteiger partial charge in [0.05, 0.1) is 30.5 Å². The number of alkyl halides is 3. The van der Waals surface area contributed by atoms with Gasteiger partial charge in [0.1, 0.15) is 19.0 Å². The number of nitrogens with zero attached hydrogens (tertiary/aromatic N) is 5. The number of hydrogen-bond donors (Lipinski definition) is 1. The lowest BCUT2D eigenvalue weighted by Gasteiger charge is -2.30. The van der Waals surface area contributed by atoms with Gasteiger partial charge in [-0.25, -0.2) is 14.4 Å². The molecule has 11 heteroatoms. The van der Waals surface area contributed by atoms with Gasteiger partial charge in [-0.15, -0.1) is 0 Å². The molecule has 1 aliphatic rings. The molecular weight excluding hydrogens is 392 g/mol. The molecular formula is C18H16F4N6O. The van der Waals surface area contributed by atoms with Crippen LogP contribution in [0.25, 0.3) is 5.69 Å². The molecule has 0 amide bonds. The maximum atomic E-state index is 14.5. The lowest BCUT2D eigenvalue weighted by molar-refractivity contribution is -0.120. The van der Waals surface area contributed by atoms with Crippen molar-refractivity contribution in [3.63, 3.8) is 0 Å². The van der Waals surface area contributed by atoms with Gasteiger partial charge in [0, 0.05) is 11.9 Å². The van der Waals surface area contributed by atoms with Crippen molar-refractivity contribution in [2.75, 3.05) is 29.9 Å². The number of halogens is 4. The van der Waals surface area contributed by atoms with Crippen molar-refractivity contribution in [1.29, 1.82) is 0 Å². The number of hydrogen-bond acceptors (Lipinski definition) is 6. The van der Waals surface area contributed by atoms with Crippen molar-refractivity contribution in [3.8, 4) is 11.4 Å². The van der Waals surface area contributed by atoms with Crippen LogP contribution in [0.5, 0.6) is 5.75 Å². The second-order valence-corrected chi connectivity index (χ2v) is 6.48. The van der Waals surface area contributed by atoms with Crippen LogP contribution in [-0.4, -0.2) is 45.4 Å². The average molecular weight is 408 g/mol. The average Bonchev–Trinajstić information content (AvgIpc) is 3.07. The highest BCUT2D eigenvalue weighted by Crippen LogP contribution is 2.32. The summed E-state index contributed by atoms with van der Waals surface area (Å²) in [5.74, 6) is -0.264. The minimum absolute atomic E-state index is 0.0343. The zero-order chi connectivity index (χ0) is 20.6. The molecule has 1 aliphatic heterocycles. The van der Waals surface area contributed by atoms with E-state index in [1.54, 1.807) is 29.8 Å². The first-order valence-corrected chi connectivity index (χ1v) is 8.67. The minimum Gasteiger partial charge on any atom is -0.486 e. The van der Waals surface area contributed by atoms with E-state index in [1.807, 2.05) is 0 Å². The van der Waals surface area contributed by atoms with Crippen molar-refractivity contribution >= 4 is 17.5 Å². The third-order valence-electron chi connectivity index (χ3n) is 4.22. The maximum Gasteiger partial charge on any atom is 0.405 e. The van der Waals surface area contributed by atoms with Gasteiger partial charge >= 0.3 is 6.18 Å². The Bertz CT molecular complexity index is 1040. The summed E-state index contributed by atoms with van der Waals surface area (Å²) in [4.78, 5) is 13.3. The van der Waals surface area contributed by atoms with E-state index < -0.39 is 18.5 Å². The first kappa shape index (κ1) is 19.0. The SMILES string of the molecule is Cc1cn(-c2ccc(Nc3ncc4c(n3)N(CC(F)(F)F)CCO4)cc2F)cn1. The third-order valence-corrected chi connectivity index (χ3v) is 4.22. The third kappa shape index (κ3) is 4.23. The summed E-state index contributed by atoms with van der Waals surface area (Å²) in [6.45, 7) is 0.813. The largest absolute Gasteiger partial charge is 0.486 e. The van der Waals surface area contributed by atoms with E-state index in [9.17, 15) is 17.6 Å². The molecule has 1 aromatic carbocycles. The van der Waals surface area contributed by atoms with E-state index in [2.05, 4.69) is 20.3 Å². The second kappa shape index (κ2) is 7.22. The molecule has 7 nitrogen and oxygen atoms in total. The highest BCUT2D eigenvalue weighted by Gasteiger charge is 2.34. The minimum atomic E-state index is -4.38. The van der Waals surface area contributed by atoms with Crippen LogP contribution in [0.3, 0.4) is 0 Å². The lowest BCUT2D eigenvalue weighted by Crippen LogP contribution is -2.40. The van der Waals surface area contributed by atoms with Crippen molar-refractivity contribution in [3.05, 3.63) is 48.4 Å². The van der Waals surface area contributed by atoms with E-state index in [-0.39, 0.29) is 30.7 Å². The highest BCUT2D eigenvalue weighted by atomic mass is 19.4. The van der Waals surface area contributed by atoms with E-state index in [0.717, 1.165) is 10.6 Å². The fourth-order valence-electron chi connectivity index (χ4n) is 2.97. The molecule has 3 heterocycles. The number of aryl methyl sites for hydroxylation is 1. The van der Waals surface area contributed by atoms with Crippen molar-refractivity contribution in [1.82, 2.24) is 19.5 Å². The molecule has 1 N–H and O–H groups in total. The molecule has 152 valence electrons. The zero-order valence-corrected chi connectivity index (χ0v) is 15.2. The summed E-state index contributed by atoms with van der Waals surface area (Å²) in [7, 11) is 0. The summed E-state index contributed by atoms with van der Waals surface area (Å²) in [5.41, 5.74) is 1.41. The quantitative estimate of drug-likeness (QED) is 0.666. The van der Waals surface area contributed by atoms with Crippen molar-refractivity contribution in [2.45, 2.75) is 13.1 Å². The van der Waals surface area contributed by atoms with Crippen LogP contribution in [0.4, 0.5) is 35.0 Å². The number of benzene rings is 1. The number of fused-ring (bicyclic) bond motifs is 1. The number of rotatable bonds is 4. The Morgan fingerprint density at radius 1 is 1.24 bits per heavy atom. The normalized spacial score (nSPS) is 13.8. The number of ether oxygens (including phenoxy) is 1. The molecule has 0 unspecified atom stereocenters. The molecule has 0 saturated heterocycles. The molecule has 0 fully saturated rings. The molecule has 29 heavy (non-hydrogen) atoms. The van der Waals surface area contributed by atoms with Gasteiger partial charge in [0.25, 0.3) is 0 Å². The van der Waals surface area contributed by atoms with Crippen LogP contribution in [0.1, 0.15) is 5.69 Å². The molecule has 0 spiro atoms. The summed E-state index contributed by atoms with van der Waals surface area (Å²) >= 11 is 0. The number of aromatic nitrogens is 4. The van der Waals surface area contributed by atoms with E-state index in [1.165, 1.54) is 18.6 Å². The molecule has 0 bridgehead atoms. The van der Waals surface area contributed by atoms with Gasteiger partial charge in [0.15, 0.2) is 11.6 Å². The molecule has 3 aromatic rings. The van der Waals surface area contributed by atoms with E-state index >= 15 is 0 Å². The summed E-state index contributed by atoms with van der Waals surface area (Å²) < 4.78 is 59.8. The second-order valence-electron chi connectivity index (χ2n) is 6.48. The van der Waals surface area contributed by atoms with Crippen LogP contribution < -0.4 is 15.0 Å². The Balaban J connectivity index is 1.57. The molecule has 0 atom stereocenters. The van der Waals surface area contributed by atoms with Crippen LogP contribution in [0, 0.1) is 12.7 Å². The molecule has 0 radical (unpaired) electrons. The fourth-order valence-corrected chi connectivity index (χ4v) is 2.97. The molecule has 4 rings (SSSR count). The highest BCUT2D eigenvalue weighted by molar-refractivity contribution is 5.61.